The number of methoxy groups -OCH3 is 1. The minimum absolute atomic E-state index is 0.0497. The molecule has 4 heterocycles. The van der Waals surface area contributed by atoms with E-state index in [0.29, 0.717) is 56.1 Å². The quantitative estimate of drug-likeness (QED) is 0.267. The van der Waals surface area contributed by atoms with E-state index in [2.05, 4.69) is 16.0 Å². The van der Waals surface area contributed by atoms with Crippen molar-refractivity contribution in [2.45, 2.75) is 50.6 Å². The fourth-order valence-electron chi connectivity index (χ4n) is 5.64. The molecule has 0 spiro atoms. The number of anilines is 1. The normalized spacial score (nSPS) is 16.5. The molecule has 0 N–H and O–H groups in total. The zero-order chi connectivity index (χ0) is 31.2. The minimum atomic E-state index is -4.15. The second-order valence-electron chi connectivity index (χ2n) is 11.6. The van der Waals surface area contributed by atoms with Crippen LogP contribution in [0.3, 0.4) is 0 Å². The maximum Gasteiger partial charge on any atom is 0.246 e. The minimum Gasteiger partial charge on any atom is -0.497 e. The largest absolute Gasteiger partial charge is 0.497 e. The molecule has 1 aliphatic heterocycles. The number of thiazole rings is 1. The van der Waals surface area contributed by atoms with Crippen molar-refractivity contribution in [3.05, 3.63) is 59.5 Å². The predicted molar refractivity (Wildman–Crippen MR) is 168 cm³/mol. The smallest absolute Gasteiger partial charge is 0.246 e. The average molecular weight is 634 g/mol. The highest BCUT2D eigenvalue weighted by Gasteiger charge is 2.54. The second kappa shape index (κ2) is 11.5. The number of sulfonamides is 1. The van der Waals surface area contributed by atoms with Crippen LogP contribution >= 0.6 is 11.3 Å². The number of aryl methyl sites for hydroxylation is 1. The highest BCUT2D eigenvalue weighted by Crippen LogP contribution is 2.45. The molecule has 2 fully saturated rings. The van der Waals surface area contributed by atoms with Crippen LogP contribution in [0.15, 0.2) is 53.8 Å². The fraction of sp³-hybridized carbons (Fsp3) is 0.419. The van der Waals surface area contributed by atoms with Crippen LogP contribution in [0.4, 0.5) is 5.69 Å². The number of rotatable bonds is 9. The van der Waals surface area contributed by atoms with E-state index in [1.807, 2.05) is 42.2 Å². The Morgan fingerprint density at radius 3 is 2.41 bits per heavy atom. The fourth-order valence-corrected chi connectivity index (χ4v) is 8.18. The number of benzene rings is 1. The molecule has 11 nitrogen and oxygen atoms in total. The number of hydrogen-bond donors (Lipinski definition) is 0. The van der Waals surface area contributed by atoms with Gasteiger partial charge in [0.1, 0.15) is 16.2 Å². The predicted octanol–water partition coefficient (Wildman–Crippen LogP) is 4.33. The summed E-state index contributed by atoms with van der Waals surface area (Å²) < 4.78 is 37.7. The lowest BCUT2D eigenvalue weighted by atomic mass is 10.1. The summed E-state index contributed by atoms with van der Waals surface area (Å²) >= 11 is 1.51. The van der Waals surface area contributed by atoms with Gasteiger partial charge < -0.3 is 14.5 Å². The van der Waals surface area contributed by atoms with Crippen molar-refractivity contribution in [2.75, 3.05) is 38.2 Å². The third kappa shape index (κ3) is 5.42. The Morgan fingerprint density at radius 2 is 1.84 bits per heavy atom. The zero-order valence-corrected chi connectivity index (χ0v) is 26.9. The van der Waals surface area contributed by atoms with E-state index in [0.717, 1.165) is 21.1 Å². The molecule has 0 atom stereocenters. The number of ether oxygens (including phenoxy) is 1. The van der Waals surface area contributed by atoms with E-state index < -0.39 is 15.6 Å². The van der Waals surface area contributed by atoms with Crippen molar-refractivity contribution >= 4 is 38.6 Å². The summed E-state index contributed by atoms with van der Waals surface area (Å²) in [5.41, 5.74) is 1.67. The van der Waals surface area contributed by atoms with Crippen LogP contribution in [0.5, 0.6) is 5.75 Å². The van der Waals surface area contributed by atoms with E-state index in [1.54, 1.807) is 43.9 Å². The topological polar surface area (TPSA) is 124 Å². The van der Waals surface area contributed by atoms with Crippen molar-refractivity contribution in [1.29, 1.82) is 5.26 Å². The number of nitriles is 1. The molecule has 1 aliphatic carbocycles. The third-order valence-corrected chi connectivity index (χ3v) is 11.2. The first-order valence-corrected chi connectivity index (χ1v) is 16.9. The number of amides is 1. The monoisotopic (exact) mass is 633 g/mol. The number of aromatic nitrogens is 3. The summed E-state index contributed by atoms with van der Waals surface area (Å²) in [7, 11) is -2.58. The van der Waals surface area contributed by atoms with Crippen molar-refractivity contribution in [3.8, 4) is 22.4 Å². The summed E-state index contributed by atoms with van der Waals surface area (Å²) in [5, 5.41) is 11.1. The number of pyridine rings is 1. The molecule has 44 heavy (non-hydrogen) atoms. The number of hydrogen-bond acceptors (Lipinski definition) is 9. The highest BCUT2D eigenvalue weighted by molar-refractivity contribution is 7.89. The van der Waals surface area contributed by atoms with Gasteiger partial charge in [0.15, 0.2) is 5.65 Å². The Labute approximate surface area is 261 Å². The van der Waals surface area contributed by atoms with E-state index in [-0.39, 0.29) is 23.3 Å². The van der Waals surface area contributed by atoms with Crippen LogP contribution < -0.4 is 9.64 Å². The van der Waals surface area contributed by atoms with Gasteiger partial charge >= 0.3 is 0 Å². The molecule has 0 unspecified atom stereocenters. The number of fused-ring (bicyclic) bond motifs is 1. The number of carbonyl (C=O) groups is 1. The van der Waals surface area contributed by atoms with Crippen LogP contribution in [0.1, 0.15) is 37.3 Å². The van der Waals surface area contributed by atoms with Gasteiger partial charge in [-0.05, 0) is 43.5 Å². The highest BCUT2D eigenvalue weighted by atomic mass is 32.2. The van der Waals surface area contributed by atoms with Gasteiger partial charge in [-0.15, -0.1) is 11.3 Å². The first kappa shape index (κ1) is 30.1. The maximum atomic E-state index is 14.6. The lowest BCUT2D eigenvalue weighted by Crippen LogP contribution is -2.50. The summed E-state index contributed by atoms with van der Waals surface area (Å²) in [4.78, 5) is 26.7. The number of imidazole rings is 1. The van der Waals surface area contributed by atoms with Gasteiger partial charge in [-0.25, -0.2) is 18.4 Å². The van der Waals surface area contributed by atoms with E-state index >= 15 is 0 Å². The molecule has 1 aromatic carbocycles. The Hall–Kier alpha value is -3.99. The molecule has 6 rings (SSSR count). The lowest BCUT2D eigenvalue weighted by molar-refractivity contribution is -0.134. The SMILES string of the molecule is COc1ccc(CN(C2(C#N)CC2)S(=O)(=O)c2cc(N3CCN(C(=O)C(C)C)CC3)c3ncc(-c4cnc(C)s4)n3c2)cc1. The molecule has 4 aromatic rings. The molecule has 0 bridgehead atoms. The summed E-state index contributed by atoms with van der Waals surface area (Å²) in [6, 6.07) is 11.2. The van der Waals surface area contributed by atoms with Crippen LogP contribution in [0, 0.1) is 24.2 Å². The summed E-state index contributed by atoms with van der Waals surface area (Å²) in [6.45, 7) is 7.90. The van der Waals surface area contributed by atoms with Crippen LogP contribution in [-0.2, 0) is 21.4 Å². The standard InChI is InChI=1S/C31H35N7O4S2/c1-21(2)30(39)36-13-11-35(12-14-36)26-15-25(19-37-27(16-34-29(26)37)28-17-33-22(3)43-28)44(40,41)38(31(20-32)9-10-31)18-23-5-7-24(42-4)8-6-23/h5-8,15-17,19,21H,9-14,18H2,1-4H3. The first-order valence-electron chi connectivity index (χ1n) is 14.6. The van der Waals surface area contributed by atoms with Gasteiger partial charge in [-0.2, -0.15) is 9.57 Å². The van der Waals surface area contributed by atoms with Gasteiger partial charge in [-0.1, -0.05) is 26.0 Å². The second-order valence-corrected chi connectivity index (χ2v) is 14.7. The van der Waals surface area contributed by atoms with Gasteiger partial charge in [0.2, 0.25) is 15.9 Å². The molecular formula is C31H35N7O4S2. The van der Waals surface area contributed by atoms with Gasteiger partial charge in [-0.3, -0.25) is 9.20 Å². The van der Waals surface area contributed by atoms with Crippen LogP contribution in [0.2, 0.25) is 0 Å². The third-order valence-electron chi connectivity index (χ3n) is 8.34. The number of carbonyl (C=O) groups excluding carboxylic acids is 1. The molecule has 0 radical (unpaired) electrons. The Bertz CT molecular complexity index is 1850. The number of piperazine rings is 1. The molecule has 1 saturated carbocycles. The lowest BCUT2D eigenvalue weighted by Gasteiger charge is -2.37. The molecule has 13 heteroatoms. The first-order chi connectivity index (χ1) is 21.1. The van der Waals surface area contributed by atoms with Gasteiger partial charge in [0.05, 0.1) is 40.6 Å². The van der Waals surface area contributed by atoms with Crippen molar-refractivity contribution in [3.63, 3.8) is 0 Å². The van der Waals surface area contributed by atoms with E-state index in [9.17, 15) is 18.5 Å². The van der Waals surface area contributed by atoms with Gasteiger partial charge in [0, 0.05) is 51.0 Å². The van der Waals surface area contributed by atoms with Crippen LogP contribution in [0.25, 0.3) is 16.2 Å². The average Bonchev–Trinajstić information content (AvgIpc) is 3.51. The van der Waals surface area contributed by atoms with Crippen LogP contribution in [-0.4, -0.2) is 76.7 Å². The molecule has 2 aliphatic rings. The molecule has 1 saturated heterocycles. The number of nitrogens with zero attached hydrogens (tertiary/aromatic N) is 7. The molecule has 230 valence electrons. The molecule has 1 amide bonds. The maximum absolute atomic E-state index is 14.6. The Kier molecular flexibility index (Phi) is 7.85. The molecule has 3 aromatic heterocycles. The Morgan fingerprint density at radius 1 is 1.14 bits per heavy atom. The van der Waals surface area contributed by atoms with Gasteiger partial charge in [0.25, 0.3) is 0 Å². The summed E-state index contributed by atoms with van der Waals surface area (Å²) in [5.74, 6) is 0.682. The Balaban J connectivity index is 1.45. The van der Waals surface area contributed by atoms with Crippen molar-refractivity contribution in [1.82, 2.24) is 23.6 Å². The summed E-state index contributed by atoms with van der Waals surface area (Å²) in [6.07, 6.45) is 6.06. The van der Waals surface area contributed by atoms with Crippen molar-refractivity contribution in [2.24, 2.45) is 5.92 Å². The molecular weight excluding hydrogens is 599 g/mol. The zero-order valence-electron chi connectivity index (χ0n) is 25.2. The van der Waals surface area contributed by atoms with Crippen molar-refractivity contribution < 1.29 is 17.9 Å². The van der Waals surface area contributed by atoms with E-state index in [4.69, 9.17) is 9.72 Å². The van der Waals surface area contributed by atoms with E-state index in [1.165, 1.54) is 15.6 Å².